The van der Waals surface area contributed by atoms with Crippen molar-refractivity contribution < 1.29 is 33.3 Å². The molecule has 1 heterocycles. The van der Waals surface area contributed by atoms with Crippen LogP contribution in [0.15, 0.2) is 72.3 Å². The summed E-state index contributed by atoms with van der Waals surface area (Å²) in [5, 5.41) is 11.2. The van der Waals surface area contributed by atoms with Gasteiger partial charge in [0.15, 0.2) is 11.5 Å². The molecule has 0 radical (unpaired) electrons. The van der Waals surface area contributed by atoms with Gasteiger partial charge in [0.05, 0.1) is 38.1 Å². The lowest BCUT2D eigenvalue weighted by Gasteiger charge is -2.27. The third-order valence-electron chi connectivity index (χ3n) is 5.71. The van der Waals surface area contributed by atoms with E-state index in [1.54, 1.807) is 42.5 Å². The summed E-state index contributed by atoms with van der Waals surface area (Å²) in [4.78, 5) is 27.9. The average Bonchev–Trinajstić information content (AvgIpc) is 3.14. The van der Waals surface area contributed by atoms with Gasteiger partial charge in [-0.25, -0.2) is 4.39 Å². The summed E-state index contributed by atoms with van der Waals surface area (Å²) in [5.41, 5.74) is 0.921. The van der Waals surface area contributed by atoms with Crippen molar-refractivity contribution in [3.8, 4) is 17.2 Å². The Morgan fingerprint density at radius 1 is 0.943 bits per heavy atom. The SMILES string of the molecule is CCOc1cc(C2/C(=C(/O)c3ccc(F)cc3)C(=O)C(=O)N2c2ccccc2OC)ccc1OC. The summed E-state index contributed by atoms with van der Waals surface area (Å²) >= 11 is 0. The first kappa shape index (κ1) is 23.8. The monoisotopic (exact) mass is 477 g/mol. The van der Waals surface area contributed by atoms with Crippen LogP contribution < -0.4 is 19.1 Å². The second-order valence-electron chi connectivity index (χ2n) is 7.69. The molecule has 0 aliphatic carbocycles. The number of hydrogen-bond acceptors (Lipinski definition) is 6. The molecule has 4 rings (SSSR count). The standard InChI is InChI=1S/C27H24FNO6/c1-4-35-22-15-17(11-14-21(22)34-3)24-23(25(30)16-9-12-18(28)13-10-16)26(31)27(32)29(24)19-7-5-6-8-20(19)33-2/h5-15,24,30H,4H2,1-3H3/b25-23-. The number of para-hydroxylation sites is 2. The van der Waals surface area contributed by atoms with Crippen LogP contribution in [0.2, 0.25) is 0 Å². The molecular weight excluding hydrogens is 453 g/mol. The fourth-order valence-corrected chi connectivity index (χ4v) is 4.12. The third kappa shape index (κ3) is 4.30. The number of anilines is 1. The number of methoxy groups -OCH3 is 2. The van der Waals surface area contributed by atoms with E-state index in [-0.39, 0.29) is 11.1 Å². The number of rotatable bonds is 7. The van der Waals surface area contributed by atoms with Crippen LogP contribution in [-0.4, -0.2) is 37.6 Å². The fourth-order valence-electron chi connectivity index (χ4n) is 4.12. The highest BCUT2D eigenvalue weighted by Crippen LogP contribution is 2.46. The Morgan fingerprint density at radius 2 is 1.63 bits per heavy atom. The first-order valence-corrected chi connectivity index (χ1v) is 10.9. The number of aliphatic hydroxyl groups is 1. The summed E-state index contributed by atoms with van der Waals surface area (Å²) in [6.45, 7) is 2.18. The maximum Gasteiger partial charge on any atom is 0.300 e. The van der Waals surface area contributed by atoms with Crippen LogP contribution in [0.25, 0.3) is 5.76 Å². The largest absolute Gasteiger partial charge is 0.507 e. The Morgan fingerprint density at radius 3 is 2.29 bits per heavy atom. The summed E-state index contributed by atoms with van der Waals surface area (Å²) in [5.74, 6) is -1.36. The number of ketones is 1. The minimum absolute atomic E-state index is 0.139. The molecule has 0 aromatic heterocycles. The number of carbonyl (C=O) groups is 2. The Balaban J connectivity index is 1.98. The molecule has 1 N–H and O–H groups in total. The number of hydrogen-bond donors (Lipinski definition) is 1. The maximum atomic E-state index is 13.5. The predicted octanol–water partition coefficient (Wildman–Crippen LogP) is 4.87. The van der Waals surface area contributed by atoms with Crippen molar-refractivity contribution in [3.05, 3.63) is 89.2 Å². The van der Waals surface area contributed by atoms with Crippen molar-refractivity contribution in [3.63, 3.8) is 0 Å². The van der Waals surface area contributed by atoms with Crippen molar-refractivity contribution in [1.82, 2.24) is 0 Å². The second-order valence-corrected chi connectivity index (χ2v) is 7.69. The van der Waals surface area contributed by atoms with Crippen molar-refractivity contribution >= 4 is 23.1 Å². The topological polar surface area (TPSA) is 85.3 Å². The molecule has 1 aliphatic heterocycles. The van der Waals surface area contributed by atoms with E-state index in [4.69, 9.17) is 14.2 Å². The van der Waals surface area contributed by atoms with Gasteiger partial charge in [-0.15, -0.1) is 0 Å². The highest BCUT2D eigenvalue weighted by Gasteiger charge is 2.48. The van der Waals surface area contributed by atoms with Crippen molar-refractivity contribution in [1.29, 1.82) is 0 Å². The number of carbonyl (C=O) groups excluding carboxylic acids is 2. The third-order valence-corrected chi connectivity index (χ3v) is 5.71. The second kappa shape index (κ2) is 9.89. The van der Waals surface area contributed by atoms with Crippen LogP contribution in [0.1, 0.15) is 24.1 Å². The summed E-state index contributed by atoms with van der Waals surface area (Å²) in [6.07, 6.45) is 0. The number of nitrogens with zero attached hydrogens (tertiary/aromatic N) is 1. The molecule has 1 aliphatic rings. The van der Waals surface area contributed by atoms with E-state index in [9.17, 15) is 19.1 Å². The van der Waals surface area contributed by atoms with E-state index in [2.05, 4.69) is 0 Å². The van der Waals surface area contributed by atoms with Gasteiger partial charge in [-0.1, -0.05) is 18.2 Å². The van der Waals surface area contributed by atoms with Crippen LogP contribution in [0.3, 0.4) is 0 Å². The summed E-state index contributed by atoms with van der Waals surface area (Å²) < 4.78 is 30.0. The smallest absolute Gasteiger partial charge is 0.300 e. The molecule has 1 fully saturated rings. The molecular formula is C27H24FNO6. The first-order valence-electron chi connectivity index (χ1n) is 10.9. The zero-order valence-corrected chi connectivity index (χ0v) is 19.4. The minimum atomic E-state index is -1.01. The molecule has 3 aromatic carbocycles. The predicted molar refractivity (Wildman–Crippen MR) is 128 cm³/mol. The Labute approximate surface area is 202 Å². The maximum absolute atomic E-state index is 13.5. The molecule has 0 spiro atoms. The molecule has 1 atom stereocenters. The minimum Gasteiger partial charge on any atom is -0.507 e. The normalized spacial score (nSPS) is 16.9. The van der Waals surface area contributed by atoms with E-state index in [0.29, 0.717) is 35.1 Å². The first-order chi connectivity index (χ1) is 16.9. The highest BCUT2D eigenvalue weighted by atomic mass is 19.1. The fraction of sp³-hybridized carbons (Fsp3) is 0.185. The van der Waals surface area contributed by atoms with Crippen molar-refractivity contribution in [2.45, 2.75) is 13.0 Å². The molecule has 8 heteroatoms. The molecule has 1 unspecified atom stereocenters. The number of amides is 1. The van der Waals surface area contributed by atoms with Crippen molar-refractivity contribution in [2.24, 2.45) is 0 Å². The summed E-state index contributed by atoms with van der Waals surface area (Å²) in [6, 6.07) is 15.8. The number of Topliss-reactive ketones (excluding diaryl/α,β-unsaturated/α-hetero) is 1. The van der Waals surface area contributed by atoms with E-state index >= 15 is 0 Å². The number of benzene rings is 3. The lowest BCUT2D eigenvalue weighted by atomic mass is 9.94. The number of aliphatic hydroxyl groups excluding tert-OH is 1. The van der Waals surface area contributed by atoms with Crippen LogP contribution in [0, 0.1) is 5.82 Å². The van der Waals surface area contributed by atoms with Gasteiger partial charge in [0.25, 0.3) is 11.7 Å². The average molecular weight is 477 g/mol. The van der Waals surface area contributed by atoms with Gasteiger partial charge in [-0.3, -0.25) is 14.5 Å². The van der Waals surface area contributed by atoms with Gasteiger partial charge in [-0.05, 0) is 61.0 Å². The number of halogens is 1. The lowest BCUT2D eigenvalue weighted by molar-refractivity contribution is -0.132. The van der Waals surface area contributed by atoms with Gasteiger partial charge in [0.1, 0.15) is 17.3 Å². The van der Waals surface area contributed by atoms with Crippen LogP contribution in [0.5, 0.6) is 17.2 Å². The van der Waals surface area contributed by atoms with E-state index < -0.39 is 29.3 Å². The Kier molecular flexibility index (Phi) is 6.73. The van der Waals surface area contributed by atoms with Crippen LogP contribution >= 0.6 is 0 Å². The van der Waals surface area contributed by atoms with Gasteiger partial charge in [0, 0.05) is 5.56 Å². The van der Waals surface area contributed by atoms with E-state index in [0.717, 1.165) is 0 Å². The van der Waals surface area contributed by atoms with E-state index in [1.807, 2.05) is 6.92 Å². The molecule has 1 amide bonds. The summed E-state index contributed by atoms with van der Waals surface area (Å²) in [7, 11) is 2.97. The Hall–Kier alpha value is -4.33. The van der Waals surface area contributed by atoms with Crippen LogP contribution in [-0.2, 0) is 9.59 Å². The molecule has 7 nitrogen and oxygen atoms in total. The molecule has 3 aromatic rings. The number of ether oxygens (including phenoxy) is 3. The van der Waals surface area contributed by atoms with Gasteiger partial charge in [-0.2, -0.15) is 0 Å². The van der Waals surface area contributed by atoms with E-state index in [1.165, 1.54) is 43.4 Å². The quantitative estimate of drug-likeness (QED) is 0.297. The molecule has 1 saturated heterocycles. The highest BCUT2D eigenvalue weighted by molar-refractivity contribution is 6.51. The lowest BCUT2D eigenvalue weighted by Crippen LogP contribution is -2.29. The zero-order chi connectivity index (χ0) is 25.1. The molecule has 180 valence electrons. The van der Waals surface area contributed by atoms with Gasteiger partial charge >= 0.3 is 0 Å². The van der Waals surface area contributed by atoms with Crippen molar-refractivity contribution in [2.75, 3.05) is 25.7 Å². The molecule has 0 saturated carbocycles. The zero-order valence-electron chi connectivity index (χ0n) is 19.4. The van der Waals surface area contributed by atoms with Gasteiger partial charge in [0.2, 0.25) is 0 Å². The Bertz CT molecular complexity index is 1300. The molecule has 0 bridgehead atoms. The molecule has 35 heavy (non-hydrogen) atoms. The van der Waals surface area contributed by atoms with Crippen LogP contribution in [0.4, 0.5) is 10.1 Å². The van der Waals surface area contributed by atoms with Gasteiger partial charge < -0.3 is 19.3 Å².